The van der Waals surface area contributed by atoms with E-state index in [-0.39, 0.29) is 23.7 Å². The zero-order valence-electron chi connectivity index (χ0n) is 6.05. The second-order valence-electron chi connectivity index (χ2n) is 1.68. The van der Waals surface area contributed by atoms with E-state index in [2.05, 4.69) is 9.68 Å². The van der Waals surface area contributed by atoms with Crippen LogP contribution in [0.4, 0.5) is 0 Å². The number of nitrogens with one attached hydrogen (secondary N) is 2. The minimum Gasteiger partial charge on any atom is -0.600 e. The molecule has 0 aliphatic carbocycles. The lowest BCUT2D eigenvalue weighted by molar-refractivity contribution is -1.05. The van der Waals surface area contributed by atoms with E-state index < -0.39 is 0 Å². The lowest BCUT2D eigenvalue weighted by Gasteiger charge is -2.16. The summed E-state index contributed by atoms with van der Waals surface area (Å²) in [6.07, 6.45) is 0. The molecule has 0 aromatic heterocycles. The van der Waals surface area contributed by atoms with Gasteiger partial charge in [0.05, 0.1) is 14.1 Å². The molecule has 0 aliphatic heterocycles. The van der Waals surface area contributed by atoms with Crippen molar-refractivity contribution in [2.75, 3.05) is 27.3 Å². The molecule has 2 atom stereocenters. The SMILES string of the molecule is C[NH+]([O-])OCCO[NH+](C)[O-]. The highest BCUT2D eigenvalue weighted by Gasteiger charge is 1.92. The molecule has 0 aliphatic rings. The van der Waals surface area contributed by atoms with Gasteiger partial charge in [-0.05, 0) is 0 Å². The van der Waals surface area contributed by atoms with Crippen LogP contribution in [0.15, 0.2) is 0 Å². The lowest BCUT2D eigenvalue weighted by atomic mass is 10.8. The Morgan fingerprint density at radius 3 is 1.50 bits per heavy atom. The monoisotopic (exact) mass is 152 g/mol. The van der Waals surface area contributed by atoms with Gasteiger partial charge in [0.25, 0.3) is 0 Å². The van der Waals surface area contributed by atoms with E-state index in [4.69, 9.17) is 0 Å². The molecule has 0 rings (SSSR count). The predicted molar refractivity (Wildman–Crippen MR) is 32.4 cm³/mol. The summed E-state index contributed by atoms with van der Waals surface area (Å²) >= 11 is 0. The Labute approximate surface area is 59.0 Å². The summed E-state index contributed by atoms with van der Waals surface area (Å²) in [5, 5.41) is 19.5. The summed E-state index contributed by atoms with van der Waals surface area (Å²) in [6.45, 7) is 0.268. The highest BCUT2D eigenvalue weighted by atomic mass is 16.9. The molecule has 6 nitrogen and oxygen atoms in total. The van der Waals surface area contributed by atoms with Gasteiger partial charge in [-0.15, -0.1) is 0 Å². The molecule has 62 valence electrons. The van der Waals surface area contributed by atoms with Gasteiger partial charge in [-0.3, -0.25) is 0 Å². The molecule has 0 bridgehead atoms. The van der Waals surface area contributed by atoms with Crippen LogP contribution in [-0.4, -0.2) is 27.3 Å². The third-order valence-corrected chi connectivity index (χ3v) is 0.694. The number of hydrogen-bond donors (Lipinski definition) is 2. The van der Waals surface area contributed by atoms with Crippen LogP contribution in [0.1, 0.15) is 0 Å². The Morgan fingerprint density at radius 1 is 1.00 bits per heavy atom. The first-order chi connectivity index (χ1) is 4.63. The van der Waals surface area contributed by atoms with Crippen molar-refractivity contribution in [1.82, 2.24) is 0 Å². The first-order valence-corrected chi connectivity index (χ1v) is 2.89. The minimum absolute atomic E-state index is 0.134. The zero-order valence-corrected chi connectivity index (χ0v) is 6.05. The van der Waals surface area contributed by atoms with Crippen LogP contribution in [0.3, 0.4) is 0 Å². The summed E-state index contributed by atoms with van der Waals surface area (Å²) in [5.74, 6) is 0. The number of hydrogen-bond acceptors (Lipinski definition) is 4. The van der Waals surface area contributed by atoms with E-state index in [0.29, 0.717) is 0 Å². The van der Waals surface area contributed by atoms with Crippen molar-refractivity contribution in [3.05, 3.63) is 10.4 Å². The Bertz CT molecular complexity index is 67.7. The smallest absolute Gasteiger partial charge is 0.136 e. The molecule has 0 amide bonds. The maximum absolute atomic E-state index is 10.1. The molecule has 10 heavy (non-hydrogen) atoms. The van der Waals surface area contributed by atoms with Crippen LogP contribution in [0, 0.1) is 10.4 Å². The minimum atomic E-state index is -0.368. The van der Waals surface area contributed by atoms with Crippen molar-refractivity contribution in [3.8, 4) is 0 Å². The zero-order chi connectivity index (χ0) is 7.98. The average molecular weight is 152 g/mol. The van der Waals surface area contributed by atoms with Crippen LogP contribution in [0.5, 0.6) is 0 Å². The molecule has 2 N–H and O–H groups in total. The van der Waals surface area contributed by atoms with Gasteiger partial charge >= 0.3 is 0 Å². The van der Waals surface area contributed by atoms with Crippen molar-refractivity contribution in [2.45, 2.75) is 0 Å². The van der Waals surface area contributed by atoms with Crippen LogP contribution >= 0.6 is 0 Å². The van der Waals surface area contributed by atoms with Crippen molar-refractivity contribution in [1.29, 1.82) is 0 Å². The van der Waals surface area contributed by atoms with Gasteiger partial charge in [0.15, 0.2) is 0 Å². The molecular weight excluding hydrogens is 140 g/mol. The Balaban J connectivity index is 2.91. The molecular formula is C4H12N2O4. The van der Waals surface area contributed by atoms with Crippen LogP contribution in [-0.2, 0) is 9.68 Å². The summed E-state index contributed by atoms with van der Waals surface area (Å²) in [5.41, 5.74) is 0. The van der Waals surface area contributed by atoms with Crippen LogP contribution < -0.4 is 10.5 Å². The number of rotatable bonds is 5. The van der Waals surface area contributed by atoms with Gasteiger partial charge in [-0.1, -0.05) is 0 Å². The molecule has 0 fully saturated rings. The predicted octanol–water partition coefficient (Wildman–Crippen LogP) is -3.13. The molecule has 0 aromatic rings. The van der Waals surface area contributed by atoms with E-state index in [1.807, 2.05) is 0 Å². The summed E-state index contributed by atoms with van der Waals surface area (Å²) in [6, 6.07) is 0. The lowest BCUT2D eigenvalue weighted by Crippen LogP contribution is -3.04. The maximum atomic E-state index is 10.1. The first kappa shape index (κ1) is 9.76. The van der Waals surface area contributed by atoms with Gasteiger partial charge in [0.1, 0.15) is 13.2 Å². The van der Waals surface area contributed by atoms with Crippen molar-refractivity contribution in [2.24, 2.45) is 0 Å². The van der Waals surface area contributed by atoms with Gasteiger partial charge in [0.2, 0.25) is 0 Å². The highest BCUT2D eigenvalue weighted by molar-refractivity contribution is 4.14. The topological polar surface area (TPSA) is 73.5 Å². The molecule has 0 radical (unpaired) electrons. The van der Waals surface area contributed by atoms with Crippen LogP contribution in [0.2, 0.25) is 0 Å². The fourth-order valence-electron chi connectivity index (χ4n) is 0.371. The third kappa shape index (κ3) is 7.76. The van der Waals surface area contributed by atoms with Gasteiger partial charge in [-0.2, -0.15) is 0 Å². The molecule has 0 heterocycles. The van der Waals surface area contributed by atoms with E-state index in [9.17, 15) is 10.4 Å². The van der Waals surface area contributed by atoms with Gasteiger partial charge in [0, 0.05) is 0 Å². The largest absolute Gasteiger partial charge is 0.600 e. The van der Waals surface area contributed by atoms with Gasteiger partial charge in [-0.25, -0.2) is 20.1 Å². The Kier molecular flexibility index (Phi) is 5.40. The van der Waals surface area contributed by atoms with Gasteiger partial charge < -0.3 is 10.4 Å². The quantitative estimate of drug-likeness (QED) is 0.323. The van der Waals surface area contributed by atoms with Crippen molar-refractivity contribution < 1.29 is 20.1 Å². The highest BCUT2D eigenvalue weighted by Crippen LogP contribution is 1.60. The van der Waals surface area contributed by atoms with Crippen LogP contribution in [0.25, 0.3) is 0 Å². The van der Waals surface area contributed by atoms with E-state index in [1.165, 1.54) is 14.1 Å². The molecule has 2 unspecified atom stereocenters. The molecule has 6 heteroatoms. The van der Waals surface area contributed by atoms with E-state index in [0.717, 1.165) is 0 Å². The standard InChI is InChI=1S/C4H12N2O4/c1-5(7)9-3-4-10-6(2)8/h5-6H,3-4H2,1-2H3. The second-order valence-corrected chi connectivity index (χ2v) is 1.68. The fourth-order valence-corrected chi connectivity index (χ4v) is 0.371. The summed E-state index contributed by atoms with van der Waals surface area (Å²) in [7, 11) is 2.60. The summed E-state index contributed by atoms with van der Waals surface area (Å²) in [4.78, 5) is 8.95. The number of quaternary nitrogens is 2. The van der Waals surface area contributed by atoms with Crippen molar-refractivity contribution in [3.63, 3.8) is 0 Å². The molecule has 0 spiro atoms. The second kappa shape index (κ2) is 5.54. The fraction of sp³-hybridized carbons (Fsp3) is 1.00. The Morgan fingerprint density at radius 2 is 1.30 bits per heavy atom. The summed E-state index contributed by atoms with van der Waals surface area (Å²) < 4.78 is 0. The third-order valence-electron chi connectivity index (χ3n) is 0.694. The molecule has 0 aromatic carbocycles. The first-order valence-electron chi connectivity index (χ1n) is 2.89. The van der Waals surface area contributed by atoms with E-state index in [1.54, 1.807) is 0 Å². The number of hydroxylamine groups is 4. The van der Waals surface area contributed by atoms with E-state index >= 15 is 0 Å². The van der Waals surface area contributed by atoms with Crippen molar-refractivity contribution >= 4 is 0 Å². The Hall–Kier alpha value is -0.240. The molecule has 0 saturated heterocycles. The normalized spacial score (nSPS) is 16.8. The maximum Gasteiger partial charge on any atom is 0.136 e. The average Bonchev–Trinajstić information content (AvgIpc) is 1.79. The molecule has 0 saturated carbocycles.